The van der Waals surface area contributed by atoms with Crippen molar-refractivity contribution in [3.63, 3.8) is 0 Å². The fourth-order valence-electron chi connectivity index (χ4n) is 0.395. The molecule has 0 spiro atoms. The lowest BCUT2D eigenvalue weighted by atomic mass is 10.5. The van der Waals surface area contributed by atoms with Crippen LogP contribution in [-0.4, -0.2) is 4.98 Å². The topological polar surface area (TPSA) is 12.9 Å². The molecule has 0 saturated carbocycles. The van der Waals surface area contributed by atoms with Crippen molar-refractivity contribution < 1.29 is 8.78 Å². The molecule has 1 nitrogen and oxygen atoms in total. The van der Waals surface area contributed by atoms with Crippen molar-refractivity contribution in [1.29, 1.82) is 0 Å². The summed E-state index contributed by atoms with van der Waals surface area (Å²) in [7, 11) is 0. The molecule has 0 unspecified atom stereocenters. The molecule has 0 aliphatic rings. The third-order valence-corrected chi connectivity index (χ3v) is 1.37. The highest BCUT2D eigenvalue weighted by Crippen LogP contribution is 2.04. The Bertz CT molecular complexity index is 226. The average molecular weight is 241 g/mol. The summed E-state index contributed by atoms with van der Waals surface area (Å²) in [5, 5.41) is 0. The van der Waals surface area contributed by atoms with E-state index >= 15 is 0 Å². The molecule has 0 bridgehead atoms. The van der Waals surface area contributed by atoms with Crippen LogP contribution in [0.15, 0.2) is 12.1 Å². The summed E-state index contributed by atoms with van der Waals surface area (Å²) in [5.74, 6) is -1.95. The summed E-state index contributed by atoms with van der Waals surface area (Å²) >= 11 is 1.80. The lowest BCUT2D eigenvalue weighted by Gasteiger charge is -1.89. The SMILES string of the molecule is Fc1ccc(I)nc1F. The Morgan fingerprint density at radius 1 is 1.33 bits per heavy atom. The van der Waals surface area contributed by atoms with Crippen LogP contribution in [0.1, 0.15) is 0 Å². The Hall–Kier alpha value is -0.260. The summed E-state index contributed by atoms with van der Waals surface area (Å²) in [6, 6.07) is 2.45. The summed E-state index contributed by atoms with van der Waals surface area (Å²) in [6.45, 7) is 0. The minimum Gasteiger partial charge on any atom is -0.211 e. The molecule has 4 heteroatoms. The van der Waals surface area contributed by atoms with Gasteiger partial charge in [-0.1, -0.05) is 0 Å². The first-order chi connectivity index (χ1) is 4.20. The Labute approximate surface area is 64.2 Å². The molecule has 0 atom stereocenters. The standard InChI is InChI=1S/C5H2F2IN/c6-3-1-2-4(8)9-5(3)7/h1-2H. The van der Waals surface area contributed by atoms with Gasteiger partial charge in [-0.3, -0.25) is 0 Å². The lowest BCUT2D eigenvalue weighted by molar-refractivity contribution is 0.477. The molecule has 0 saturated heterocycles. The normalized spacial score (nSPS) is 9.67. The second kappa shape index (κ2) is 2.55. The van der Waals surface area contributed by atoms with Gasteiger partial charge in [0.15, 0.2) is 5.82 Å². The summed E-state index contributed by atoms with van der Waals surface area (Å²) in [6.07, 6.45) is 0. The van der Waals surface area contributed by atoms with Crippen LogP contribution in [-0.2, 0) is 0 Å². The van der Waals surface area contributed by atoms with E-state index in [4.69, 9.17) is 0 Å². The number of nitrogens with zero attached hydrogens (tertiary/aromatic N) is 1. The molecule has 0 amide bonds. The highest BCUT2D eigenvalue weighted by molar-refractivity contribution is 14.1. The third kappa shape index (κ3) is 1.57. The maximum Gasteiger partial charge on any atom is 0.249 e. The fraction of sp³-hybridized carbons (Fsp3) is 0. The van der Waals surface area contributed by atoms with Gasteiger partial charge in [0.05, 0.1) is 0 Å². The first-order valence-electron chi connectivity index (χ1n) is 2.17. The van der Waals surface area contributed by atoms with Gasteiger partial charge in [0.2, 0.25) is 5.95 Å². The van der Waals surface area contributed by atoms with E-state index in [2.05, 4.69) is 4.98 Å². The number of hydrogen-bond acceptors (Lipinski definition) is 1. The summed E-state index contributed by atoms with van der Waals surface area (Å²) in [4.78, 5) is 3.22. The molecule has 0 aromatic carbocycles. The highest BCUT2D eigenvalue weighted by atomic mass is 127. The zero-order valence-corrected chi connectivity index (χ0v) is 6.39. The van der Waals surface area contributed by atoms with E-state index in [0.717, 1.165) is 6.07 Å². The maximum atomic E-state index is 12.1. The molecule has 0 fully saturated rings. The summed E-state index contributed by atoms with van der Waals surface area (Å²) in [5.41, 5.74) is 0. The fourth-order valence-corrected chi connectivity index (χ4v) is 0.787. The van der Waals surface area contributed by atoms with E-state index in [1.165, 1.54) is 6.07 Å². The Morgan fingerprint density at radius 2 is 2.00 bits per heavy atom. The minimum absolute atomic E-state index is 0.450. The van der Waals surface area contributed by atoms with Crippen LogP contribution in [0.3, 0.4) is 0 Å². The largest absolute Gasteiger partial charge is 0.249 e. The van der Waals surface area contributed by atoms with Crippen LogP contribution in [0.25, 0.3) is 0 Å². The van der Waals surface area contributed by atoms with Gasteiger partial charge in [0, 0.05) is 0 Å². The van der Waals surface area contributed by atoms with Crippen LogP contribution < -0.4 is 0 Å². The first kappa shape index (κ1) is 6.85. The molecule has 9 heavy (non-hydrogen) atoms. The second-order valence-electron chi connectivity index (χ2n) is 1.41. The zero-order chi connectivity index (χ0) is 6.85. The molecule has 48 valence electrons. The number of hydrogen-bond donors (Lipinski definition) is 0. The molecule has 1 aromatic rings. The van der Waals surface area contributed by atoms with Crippen LogP contribution in [0.2, 0.25) is 0 Å². The molecule has 0 aliphatic carbocycles. The number of halogens is 3. The molecule has 0 radical (unpaired) electrons. The van der Waals surface area contributed by atoms with Gasteiger partial charge < -0.3 is 0 Å². The van der Waals surface area contributed by atoms with Gasteiger partial charge in [-0.05, 0) is 34.7 Å². The van der Waals surface area contributed by atoms with E-state index in [0.29, 0.717) is 3.70 Å². The first-order valence-corrected chi connectivity index (χ1v) is 3.25. The van der Waals surface area contributed by atoms with Crippen molar-refractivity contribution in [2.45, 2.75) is 0 Å². The van der Waals surface area contributed by atoms with E-state index < -0.39 is 11.8 Å². The lowest BCUT2D eigenvalue weighted by Crippen LogP contribution is -1.89. The van der Waals surface area contributed by atoms with Crippen LogP contribution in [0, 0.1) is 15.5 Å². The van der Waals surface area contributed by atoms with Crippen molar-refractivity contribution in [3.8, 4) is 0 Å². The van der Waals surface area contributed by atoms with Gasteiger partial charge in [0.25, 0.3) is 0 Å². The predicted octanol–water partition coefficient (Wildman–Crippen LogP) is 1.96. The van der Waals surface area contributed by atoms with Crippen molar-refractivity contribution in [3.05, 3.63) is 27.6 Å². The average Bonchev–Trinajstić information content (AvgIpc) is 1.80. The number of rotatable bonds is 0. The van der Waals surface area contributed by atoms with Crippen LogP contribution in [0.4, 0.5) is 8.78 Å². The van der Waals surface area contributed by atoms with E-state index in [9.17, 15) is 8.78 Å². The molecule has 1 rings (SSSR count). The number of aromatic nitrogens is 1. The maximum absolute atomic E-state index is 12.1. The Balaban J connectivity index is 3.17. The van der Waals surface area contributed by atoms with Crippen LogP contribution in [0.5, 0.6) is 0 Å². The third-order valence-electron chi connectivity index (χ3n) is 0.769. The van der Waals surface area contributed by atoms with Crippen molar-refractivity contribution >= 4 is 22.6 Å². The second-order valence-corrected chi connectivity index (χ2v) is 2.51. The van der Waals surface area contributed by atoms with Gasteiger partial charge in [-0.2, -0.15) is 4.39 Å². The molecular weight excluding hydrogens is 239 g/mol. The Kier molecular flexibility index (Phi) is 1.94. The van der Waals surface area contributed by atoms with Gasteiger partial charge in [-0.25, -0.2) is 9.37 Å². The summed E-state index contributed by atoms with van der Waals surface area (Å²) < 4.78 is 24.6. The zero-order valence-electron chi connectivity index (χ0n) is 4.24. The number of pyridine rings is 1. The minimum atomic E-state index is -1.04. The van der Waals surface area contributed by atoms with E-state index in [1.54, 1.807) is 22.6 Å². The van der Waals surface area contributed by atoms with Crippen molar-refractivity contribution in [2.24, 2.45) is 0 Å². The smallest absolute Gasteiger partial charge is 0.211 e. The molecular formula is C5H2F2IN. The van der Waals surface area contributed by atoms with Crippen LogP contribution >= 0.6 is 22.6 Å². The molecule has 1 heterocycles. The van der Waals surface area contributed by atoms with Gasteiger partial charge in [-0.15, -0.1) is 0 Å². The predicted molar refractivity (Wildman–Crippen MR) is 36.9 cm³/mol. The highest BCUT2D eigenvalue weighted by Gasteiger charge is 2.00. The molecule has 1 aromatic heterocycles. The van der Waals surface area contributed by atoms with Crippen molar-refractivity contribution in [1.82, 2.24) is 4.98 Å². The molecule has 0 aliphatic heterocycles. The van der Waals surface area contributed by atoms with E-state index in [1.807, 2.05) is 0 Å². The quantitative estimate of drug-likeness (QED) is 0.499. The Morgan fingerprint density at radius 3 is 2.44 bits per heavy atom. The van der Waals surface area contributed by atoms with Gasteiger partial charge >= 0.3 is 0 Å². The van der Waals surface area contributed by atoms with Gasteiger partial charge in [0.1, 0.15) is 3.70 Å². The van der Waals surface area contributed by atoms with E-state index in [-0.39, 0.29) is 0 Å². The monoisotopic (exact) mass is 241 g/mol. The molecule has 0 N–H and O–H groups in total. The van der Waals surface area contributed by atoms with Crippen molar-refractivity contribution in [2.75, 3.05) is 0 Å².